The number of methoxy groups -OCH3 is 1. The van der Waals surface area contributed by atoms with Crippen molar-refractivity contribution in [2.75, 3.05) is 7.11 Å². The van der Waals surface area contributed by atoms with Gasteiger partial charge in [0, 0.05) is 11.4 Å². The molecule has 0 radical (unpaired) electrons. The van der Waals surface area contributed by atoms with Crippen molar-refractivity contribution in [2.24, 2.45) is 0 Å². The van der Waals surface area contributed by atoms with Crippen molar-refractivity contribution in [1.29, 1.82) is 0 Å². The van der Waals surface area contributed by atoms with E-state index in [-0.39, 0.29) is 16.8 Å². The topological polar surface area (TPSA) is 61.4 Å². The second-order valence-corrected chi connectivity index (χ2v) is 8.66. The Morgan fingerprint density at radius 2 is 1.87 bits per heavy atom. The van der Waals surface area contributed by atoms with Crippen LogP contribution in [0.1, 0.15) is 75.3 Å². The van der Waals surface area contributed by atoms with Crippen LogP contribution >= 0.6 is 0 Å². The lowest BCUT2D eigenvalue weighted by atomic mass is 10.00. The van der Waals surface area contributed by atoms with Crippen molar-refractivity contribution in [3.05, 3.63) is 35.4 Å². The fourth-order valence-electron chi connectivity index (χ4n) is 2.17. The molecule has 2 atom stereocenters. The second-order valence-electron chi connectivity index (χ2n) is 6.66. The quantitative estimate of drug-likeness (QED) is 0.439. The predicted octanol–water partition coefficient (Wildman–Crippen LogP) is 4.15. The number of carbonyl (C=O) groups is 1. The molecule has 1 unspecified atom stereocenters. The summed E-state index contributed by atoms with van der Waals surface area (Å²) in [5.74, 6) is -0.342. The van der Waals surface area contributed by atoms with Gasteiger partial charge in [-0.15, -0.1) is 4.72 Å². The Morgan fingerprint density at radius 1 is 1.26 bits per heavy atom. The monoisotopic (exact) mass is 339 g/mol. The first-order valence-electron chi connectivity index (χ1n) is 8.16. The summed E-state index contributed by atoms with van der Waals surface area (Å²) in [6.45, 7) is 8.04. The molecule has 0 saturated carbocycles. The minimum atomic E-state index is -1.13. The molecule has 130 valence electrons. The summed E-state index contributed by atoms with van der Waals surface area (Å²) in [6, 6.07) is 7.37. The number of esters is 1. The first-order chi connectivity index (χ1) is 10.8. The third-order valence-corrected chi connectivity index (χ3v) is 5.25. The first kappa shape index (κ1) is 20.0. The predicted molar refractivity (Wildman–Crippen MR) is 95.7 cm³/mol. The Kier molecular flexibility index (Phi) is 8.09. The second kappa shape index (κ2) is 9.30. The molecule has 4 nitrogen and oxygen atoms in total. The number of ether oxygens (including phenoxy) is 1. The van der Waals surface area contributed by atoms with Crippen molar-refractivity contribution in [3.63, 3.8) is 0 Å². The van der Waals surface area contributed by atoms with Crippen molar-refractivity contribution in [3.8, 4) is 0 Å². The van der Waals surface area contributed by atoms with Crippen LogP contribution in [-0.2, 0) is 16.1 Å². The fourth-order valence-corrected chi connectivity index (χ4v) is 3.03. The lowest BCUT2D eigenvalue weighted by molar-refractivity contribution is 0.0600. The summed E-state index contributed by atoms with van der Waals surface area (Å²) in [7, 11) is 1.37. The molecule has 5 heteroatoms. The maximum atomic E-state index is 12.4. The van der Waals surface area contributed by atoms with Crippen LogP contribution in [0.2, 0.25) is 0 Å². The van der Waals surface area contributed by atoms with Gasteiger partial charge >= 0.3 is 5.97 Å². The Hall–Kier alpha value is -1.04. The zero-order chi connectivity index (χ0) is 17.5. The van der Waals surface area contributed by atoms with Gasteiger partial charge in [-0.05, 0) is 44.9 Å². The van der Waals surface area contributed by atoms with Gasteiger partial charge in [0.1, 0.15) is 4.75 Å². The van der Waals surface area contributed by atoms with E-state index >= 15 is 0 Å². The van der Waals surface area contributed by atoms with E-state index in [0.29, 0.717) is 5.56 Å². The molecule has 1 N–H and O–H groups in total. The maximum Gasteiger partial charge on any atom is 0.337 e. The SMILES string of the molecule is CCCCCC(N[S@@+]([O-])C(C)(C)C)c1ccc(C(=O)OC)cc1. The number of hydrogen-bond acceptors (Lipinski definition) is 4. The van der Waals surface area contributed by atoms with Gasteiger partial charge in [-0.3, -0.25) is 0 Å². The number of benzene rings is 1. The smallest absolute Gasteiger partial charge is 0.337 e. The molecule has 0 aliphatic heterocycles. The van der Waals surface area contributed by atoms with Crippen molar-refractivity contribution in [2.45, 2.75) is 64.2 Å². The molecule has 0 amide bonds. The number of nitrogens with one attached hydrogen (secondary N) is 1. The normalized spacial score (nSPS) is 14.3. The van der Waals surface area contributed by atoms with Crippen LogP contribution in [0.5, 0.6) is 0 Å². The average molecular weight is 340 g/mol. The van der Waals surface area contributed by atoms with Gasteiger partial charge in [-0.2, -0.15) is 0 Å². The Bertz CT molecular complexity index is 482. The van der Waals surface area contributed by atoms with Crippen LogP contribution < -0.4 is 4.72 Å². The Balaban J connectivity index is 2.87. The van der Waals surface area contributed by atoms with E-state index in [1.54, 1.807) is 12.1 Å². The van der Waals surface area contributed by atoms with Crippen molar-refractivity contribution >= 4 is 17.3 Å². The number of rotatable bonds is 8. The third-order valence-electron chi connectivity index (χ3n) is 3.64. The van der Waals surface area contributed by atoms with Crippen LogP contribution in [-0.4, -0.2) is 22.4 Å². The van der Waals surface area contributed by atoms with Gasteiger partial charge in [0.05, 0.1) is 18.7 Å². The average Bonchev–Trinajstić information content (AvgIpc) is 2.52. The summed E-state index contributed by atoms with van der Waals surface area (Å²) in [5, 5.41) is 0. The summed E-state index contributed by atoms with van der Waals surface area (Å²) in [4.78, 5) is 11.5. The molecular formula is C18H29NO3S. The van der Waals surface area contributed by atoms with E-state index < -0.39 is 11.4 Å². The van der Waals surface area contributed by atoms with Crippen molar-refractivity contribution < 1.29 is 14.1 Å². The molecule has 0 aliphatic rings. The molecule has 0 aromatic heterocycles. The lowest BCUT2D eigenvalue weighted by Gasteiger charge is -2.28. The molecule has 1 rings (SSSR count). The summed E-state index contributed by atoms with van der Waals surface area (Å²) < 4.78 is 20.1. The van der Waals surface area contributed by atoms with E-state index in [2.05, 4.69) is 11.6 Å². The highest BCUT2D eigenvalue weighted by molar-refractivity contribution is 7.90. The molecule has 0 fully saturated rings. The highest BCUT2D eigenvalue weighted by Crippen LogP contribution is 2.25. The fraction of sp³-hybridized carbons (Fsp3) is 0.611. The van der Waals surface area contributed by atoms with Gasteiger partial charge in [0.2, 0.25) is 0 Å². The largest absolute Gasteiger partial charge is 0.598 e. The third kappa shape index (κ3) is 6.53. The molecule has 0 aliphatic carbocycles. The molecule has 23 heavy (non-hydrogen) atoms. The number of unbranched alkanes of at least 4 members (excludes halogenated alkanes) is 2. The Labute approximate surface area is 143 Å². The standard InChI is InChI=1S/C18H29NO3S/c1-6-7-8-9-16(19-23(21)18(2,3)4)14-10-12-15(13-11-14)17(20)22-5/h10-13,16,19H,6-9H2,1-5H3/t16?,23-/m0/s1. The van der Waals surface area contributed by atoms with Gasteiger partial charge < -0.3 is 9.29 Å². The van der Waals surface area contributed by atoms with Crippen LogP contribution in [0.4, 0.5) is 0 Å². The van der Waals surface area contributed by atoms with E-state index in [1.807, 2.05) is 32.9 Å². The van der Waals surface area contributed by atoms with E-state index in [4.69, 9.17) is 4.74 Å². The summed E-state index contributed by atoms with van der Waals surface area (Å²) >= 11 is -1.13. The molecular weight excluding hydrogens is 310 g/mol. The van der Waals surface area contributed by atoms with E-state index in [9.17, 15) is 9.35 Å². The van der Waals surface area contributed by atoms with Gasteiger partial charge in [0.15, 0.2) is 0 Å². The summed E-state index contributed by atoms with van der Waals surface area (Å²) in [5.41, 5.74) is 1.58. The minimum Gasteiger partial charge on any atom is -0.598 e. The zero-order valence-electron chi connectivity index (χ0n) is 14.8. The highest BCUT2D eigenvalue weighted by atomic mass is 32.2. The molecule has 1 aromatic rings. The van der Waals surface area contributed by atoms with E-state index in [1.165, 1.54) is 7.11 Å². The van der Waals surface area contributed by atoms with Crippen LogP contribution in [0.15, 0.2) is 24.3 Å². The van der Waals surface area contributed by atoms with Gasteiger partial charge in [0.25, 0.3) is 0 Å². The van der Waals surface area contributed by atoms with Gasteiger partial charge in [-0.25, -0.2) is 4.79 Å². The summed E-state index contributed by atoms with van der Waals surface area (Å²) in [6.07, 6.45) is 4.30. The molecule has 0 saturated heterocycles. The minimum absolute atomic E-state index is 0.0216. The first-order valence-corrected chi connectivity index (χ1v) is 9.31. The molecule has 0 heterocycles. The van der Waals surface area contributed by atoms with Crippen molar-refractivity contribution in [1.82, 2.24) is 4.72 Å². The number of hydrogen-bond donors (Lipinski definition) is 1. The van der Waals surface area contributed by atoms with Gasteiger partial charge in [-0.1, -0.05) is 38.3 Å². The zero-order valence-corrected chi connectivity index (χ0v) is 15.7. The highest BCUT2D eigenvalue weighted by Gasteiger charge is 2.29. The molecule has 0 spiro atoms. The Morgan fingerprint density at radius 3 is 2.35 bits per heavy atom. The number of carbonyl (C=O) groups excluding carboxylic acids is 1. The molecule has 0 bridgehead atoms. The maximum absolute atomic E-state index is 12.4. The molecule has 1 aromatic carbocycles. The van der Waals surface area contributed by atoms with Crippen LogP contribution in [0.3, 0.4) is 0 Å². The van der Waals surface area contributed by atoms with Crippen LogP contribution in [0, 0.1) is 0 Å². The van der Waals surface area contributed by atoms with Crippen LogP contribution in [0.25, 0.3) is 0 Å². The van der Waals surface area contributed by atoms with E-state index in [0.717, 1.165) is 31.2 Å². The lowest BCUT2D eigenvalue weighted by Crippen LogP contribution is -2.41.